The first kappa shape index (κ1) is 11.7. The zero-order valence-corrected chi connectivity index (χ0v) is 10.6. The molecular weight excluding hydrogens is 264 g/mol. The molecule has 0 radical (unpaired) electrons. The summed E-state index contributed by atoms with van der Waals surface area (Å²) in [4.78, 5) is 8.32. The number of fused-ring (bicyclic) bond motifs is 1. The average molecular weight is 273 g/mol. The van der Waals surface area contributed by atoms with Gasteiger partial charge in [0.05, 0.1) is 5.56 Å². The maximum atomic E-state index is 9.36. The summed E-state index contributed by atoms with van der Waals surface area (Å²) in [6.07, 6.45) is 1.60. The zero-order chi connectivity index (χ0) is 13.4. The predicted octanol–water partition coefficient (Wildman–Crippen LogP) is 4.07. The van der Waals surface area contributed by atoms with E-state index in [-0.39, 0.29) is 5.76 Å². The SMILES string of the molecule is C=C(O)c1ccc2nc(-c3cccnc3Cl)oc2c1. The smallest absolute Gasteiger partial charge is 0.230 e. The second kappa shape index (κ2) is 4.40. The minimum absolute atomic E-state index is 0.0146. The number of rotatable bonds is 2. The van der Waals surface area contributed by atoms with Gasteiger partial charge in [-0.05, 0) is 30.3 Å². The van der Waals surface area contributed by atoms with Crippen LogP contribution in [0.5, 0.6) is 0 Å². The highest BCUT2D eigenvalue weighted by molar-refractivity contribution is 6.31. The summed E-state index contributed by atoms with van der Waals surface area (Å²) in [5.41, 5.74) is 2.46. The molecule has 1 aromatic carbocycles. The summed E-state index contributed by atoms with van der Waals surface area (Å²) in [5, 5.41) is 9.70. The molecule has 94 valence electrons. The van der Waals surface area contributed by atoms with Crippen LogP contribution < -0.4 is 0 Å². The Morgan fingerprint density at radius 2 is 2.16 bits per heavy atom. The molecule has 0 atom stereocenters. The summed E-state index contributed by atoms with van der Waals surface area (Å²) in [7, 11) is 0. The summed E-state index contributed by atoms with van der Waals surface area (Å²) in [6, 6.07) is 8.70. The van der Waals surface area contributed by atoms with E-state index in [9.17, 15) is 5.11 Å². The number of hydrogen-bond acceptors (Lipinski definition) is 4. The summed E-state index contributed by atoms with van der Waals surface area (Å²) in [6.45, 7) is 3.47. The first-order valence-corrected chi connectivity index (χ1v) is 5.92. The predicted molar refractivity (Wildman–Crippen MR) is 73.9 cm³/mol. The Hall–Kier alpha value is -2.33. The Balaban J connectivity index is 2.17. The summed E-state index contributed by atoms with van der Waals surface area (Å²) >= 11 is 6.00. The number of oxazole rings is 1. The Labute approximate surface area is 114 Å². The van der Waals surface area contributed by atoms with Crippen LogP contribution in [0.1, 0.15) is 5.56 Å². The van der Waals surface area contributed by atoms with Crippen molar-refractivity contribution in [2.45, 2.75) is 0 Å². The molecule has 0 amide bonds. The third-order valence-corrected chi connectivity index (χ3v) is 3.01. The number of pyridine rings is 1. The minimum Gasteiger partial charge on any atom is -0.508 e. The van der Waals surface area contributed by atoms with Crippen LogP contribution >= 0.6 is 11.6 Å². The van der Waals surface area contributed by atoms with E-state index >= 15 is 0 Å². The van der Waals surface area contributed by atoms with Crippen LogP contribution in [0.2, 0.25) is 5.15 Å². The molecule has 0 aliphatic heterocycles. The van der Waals surface area contributed by atoms with E-state index in [0.717, 1.165) is 0 Å². The number of nitrogens with zero attached hydrogens (tertiary/aromatic N) is 2. The fourth-order valence-corrected chi connectivity index (χ4v) is 1.97. The Morgan fingerprint density at radius 3 is 2.89 bits per heavy atom. The second-order valence-corrected chi connectivity index (χ2v) is 4.35. The molecule has 3 rings (SSSR count). The molecule has 0 saturated carbocycles. The van der Waals surface area contributed by atoms with E-state index in [1.54, 1.807) is 36.5 Å². The molecule has 0 unspecified atom stereocenters. The third kappa shape index (κ3) is 2.06. The molecule has 0 fully saturated rings. The third-order valence-electron chi connectivity index (χ3n) is 2.71. The van der Waals surface area contributed by atoms with Crippen LogP contribution in [0.25, 0.3) is 28.3 Å². The van der Waals surface area contributed by atoms with Crippen molar-refractivity contribution in [2.75, 3.05) is 0 Å². The average Bonchev–Trinajstić information content (AvgIpc) is 2.81. The van der Waals surface area contributed by atoms with Crippen LogP contribution in [-0.2, 0) is 0 Å². The zero-order valence-electron chi connectivity index (χ0n) is 9.80. The molecule has 0 aliphatic rings. The van der Waals surface area contributed by atoms with Crippen LogP contribution in [0.4, 0.5) is 0 Å². The Kier molecular flexibility index (Phi) is 2.72. The van der Waals surface area contributed by atoms with Crippen molar-refractivity contribution < 1.29 is 9.52 Å². The van der Waals surface area contributed by atoms with Crippen LogP contribution in [0.3, 0.4) is 0 Å². The normalized spacial score (nSPS) is 10.8. The summed E-state index contributed by atoms with van der Waals surface area (Å²) < 4.78 is 5.64. The van der Waals surface area contributed by atoms with Gasteiger partial charge in [0.2, 0.25) is 5.89 Å². The lowest BCUT2D eigenvalue weighted by molar-refractivity contribution is 0.513. The van der Waals surface area contributed by atoms with Gasteiger partial charge in [-0.15, -0.1) is 0 Å². The van der Waals surface area contributed by atoms with E-state index in [0.29, 0.717) is 33.3 Å². The molecule has 19 heavy (non-hydrogen) atoms. The maximum absolute atomic E-state index is 9.36. The molecule has 3 aromatic rings. The van der Waals surface area contributed by atoms with Crippen molar-refractivity contribution in [3.63, 3.8) is 0 Å². The van der Waals surface area contributed by atoms with E-state index in [2.05, 4.69) is 16.5 Å². The van der Waals surface area contributed by atoms with Gasteiger partial charge in [-0.25, -0.2) is 9.97 Å². The molecule has 0 aliphatic carbocycles. The first-order valence-electron chi connectivity index (χ1n) is 5.55. The molecule has 1 N–H and O–H groups in total. The number of benzene rings is 1. The summed E-state index contributed by atoms with van der Waals surface area (Å²) in [5.74, 6) is 0.382. The van der Waals surface area contributed by atoms with E-state index in [1.807, 2.05) is 0 Å². The van der Waals surface area contributed by atoms with Gasteiger partial charge >= 0.3 is 0 Å². The van der Waals surface area contributed by atoms with Crippen molar-refractivity contribution in [3.05, 3.63) is 53.8 Å². The van der Waals surface area contributed by atoms with Crippen molar-refractivity contribution in [3.8, 4) is 11.5 Å². The molecule has 5 heteroatoms. The highest BCUT2D eigenvalue weighted by atomic mass is 35.5. The van der Waals surface area contributed by atoms with Crippen LogP contribution in [-0.4, -0.2) is 15.1 Å². The molecule has 2 heterocycles. The van der Waals surface area contributed by atoms with Gasteiger partial charge < -0.3 is 9.52 Å². The van der Waals surface area contributed by atoms with Crippen molar-refractivity contribution in [1.82, 2.24) is 9.97 Å². The maximum Gasteiger partial charge on any atom is 0.230 e. The van der Waals surface area contributed by atoms with Gasteiger partial charge in [0.1, 0.15) is 16.4 Å². The Bertz CT molecular complexity index is 780. The largest absolute Gasteiger partial charge is 0.508 e. The van der Waals surface area contributed by atoms with Gasteiger partial charge in [-0.2, -0.15) is 0 Å². The minimum atomic E-state index is -0.0146. The molecule has 0 saturated heterocycles. The standard InChI is InChI=1S/C14H9ClN2O2/c1-8(18)9-4-5-11-12(7-9)19-14(17-11)10-3-2-6-16-13(10)15/h2-7,18H,1H2. The fourth-order valence-electron chi connectivity index (χ4n) is 1.76. The van der Waals surface area contributed by atoms with Crippen molar-refractivity contribution >= 4 is 28.5 Å². The molecule has 0 spiro atoms. The highest BCUT2D eigenvalue weighted by Gasteiger charge is 2.12. The number of halogens is 1. The lowest BCUT2D eigenvalue weighted by Gasteiger charge is -1.96. The van der Waals surface area contributed by atoms with Crippen molar-refractivity contribution in [2.24, 2.45) is 0 Å². The number of aromatic nitrogens is 2. The highest BCUT2D eigenvalue weighted by Crippen LogP contribution is 2.29. The molecule has 2 aromatic heterocycles. The Morgan fingerprint density at radius 1 is 1.32 bits per heavy atom. The lowest BCUT2D eigenvalue weighted by atomic mass is 10.2. The van der Waals surface area contributed by atoms with Gasteiger partial charge in [0.15, 0.2) is 5.58 Å². The van der Waals surface area contributed by atoms with E-state index < -0.39 is 0 Å². The number of hydrogen-bond donors (Lipinski definition) is 1. The lowest BCUT2D eigenvalue weighted by Crippen LogP contribution is -1.81. The molecular formula is C14H9ClN2O2. The van der Waals surface area contributed by atoms with E-state index in [4.69, 9.17) is 16.0 Å². The number of aliphatic hydroxyl groups is 1. The monoisotopic (exact) mass is 272 g/mol. The van der Waals surface area contributed by atoms with Crippen molar-refractivity contribution in [1.29, 1.82) is 0 Å². The number of aliphatic hydroxyl groups excluding tert-OH is 1. The molecule has 0 bridgehead atoms. The second-order valence-electron chi connectivity index (χ2n) is 3.99. The quantitative estimate of drug-likeness (QED) is 0.564. The van der Waals surface area contributed by atoms with Gasteiger partial charge in [0.25, 0.3) is 0 Å². The molecule has 4 nitrogen and oxygen atoms in total. The fraction of sp³-hybridized carbons (Fsp3) is 0. The topological polar surface area (TPSA) is 59.2 Å². The van der Waals surface area contributed by atoms with Gasteiger partial charge in [-0.1, -0.05) is 18.2 Å². The van der Waals surface area contributed by atoms with E-state index in [1.165, 1.54) is 0 Å². The van der Waals surface area contributed by atoms with Gasteiger partial charge in [-0.3, -0.25) is 0 Å². The van der Waals surface area contributed by atoms with Crippen LogP contribution in [0, 0.1) is 0 Å². The first-order chi connectivity index (χ1) is 9.15. The van der Waals surface area contributed by atoms with Crippen LogP contribution in [0.15, 0.2) is 47.5 Å². The van der Waals surface area contributed by atoms with Gasteiger partial charge in [0, 0.05) is 11.8 Å².